The third-order valence-electron chi connectivity index (χ3n) is 5.36. The standard InChI is InChI=1S/C21H23N3O4S/c25-20(23-17-7-4-15-10-11-22-21(26)19(15)14-17)16-5-8-18(9-6-16)29(27,28)24-12-2-1-3-13-24/h4-9,14H,1-3,10-13H2,(H,22,26)(H,23,25). The van der Waals surface area contributed by atoms with Crippen molar-refractivity contribution >= 4 is 27.5 Å². The molecule has 8 heteroatoms. The second-order valence-electron chi connectivity index (χ2n) is 7.32. The Morgan fingerprint density at radius 3 is 2.45 bits per heavy atom. The van der Waals surface area contributed by atoms with Crippen molar-refractivity contribution in [2.45, 2.75) is 30.6 Å². The number of piperidine rings is 1. The van der Waals surface area contributed by atoms with Gasteiger partial charge in [-0.15, -0.1) is 0 Å². The van der Waals surface area contributed by atoms with E-state index in [0.29, 0.717) is 36.4 Å². The molecule has 0 atom stereocenters. The molecule has 2 aliphatic heterocycles. The summed E-state index contributed by atoms with van der Waals surface area (Å²) in [6, 6.07) is 11.2. The maximum atomic E-state index is 12.7. The number of carbonyl (C=O) groups is 2. The van der Waals surface area contributed by atoms with Gasteiger partial charge < -0.3 is 10.6 Å². The minimum atomic E-state index is -3.52. The Balaban J connectivity index is 1.49. The number of nitrogens with one attached hydrogen (secondary N) is 2. The van der Waals surface area contributed by atoms with Crippen molar-refractivity contribution in [2.24, 2.45) is 0 Å². The first-order valence-electron chi connectivity index (χ1n) is 9.78. The molecule has 1 fully saturated rings. The van der Waals surface area contributed by atoms with Gasteiger partial charge in [0, 0.05) is 36.4 Å². The molecule has 2 N–H and O–H groups in total. The summed E-state index contributed by atoms with van der Waals surface area (Å²) in [6.07, 6.45) is 3.56. The second kappa shape index (κ2) is 7.96. The lowest BCUT2D eigenvalue weighted by atomic mass is 10.00. The lowest BCUT2D eigenvalue weighted by Crippen LogP contribution is -2.35. The van der Waals surface area contributed by atoms with Gasteiger partial charge in [0.15, 0.2) is 0 Å². The van der Waals surface area contributed by atoms with Crippen LogP contribution in [0.15, 0.2) is 47.4 Å². The molecule has 2 aromatic carbocycles. The number of carbonyl (C=O) groups excluding carboxylic acids is 2. The van der Waals surface area contributed by atoms with Crippen molar-refractivity contribution in [2.75, 3.05) is 25.0 Å². The fourth-order valence-corrected chi connectivity index (χ4v) is 5.24. The zero-order chi connectivity index (χ0) is 20.4. The van der Waals surface area contributed by atoms with E-state index < -0.39 is 10.0 Å². The zero-order valence-corrected chi connectivity index (χ0v) is 16.8. The maximum absolute atomic E-state index is 12.7. The number of nitrogens with zero attached hydrogens (tertiary/aromatic N) is 1. The number of sulfonamides is 1. The summed E-state index contributed by atoms with van der Waals surface area (Å²) >= 11 is 0. The molecule has 0 saturated carbocycles. The van der Waals surface area contributed by atoms with Crippen molar-refractivity contribution in [3.8, 4) is 0 Å². The van der Waals surface area contributed by atoms with Crippen molar-refractivity contribution in [1.82, 2.24) is 9.62 Å². The van der Waals surface area contributed by atoms with Gasteiger partial charge in [-0.2, -0.15) is 4.31 Å². The third-order valence-corrected chi connectivity index (χ3v) is 7.27. The lowest BCUT2D eigenvalue weighted by molar-refractivity contribution is 0.0944. The molecule has 0 spiro atoms. The van der Waals surface area contributed by atoms with E-state index in [-0.39, 0.29) is 16.7 Å². The van der Waals surface area contributed by atoms with Crippen LogP contribution in [0.25, 0.3) is 0 Å². The predicted octanol–water partition coefficient (Wildman–Crippen LogP) is 2.40. The van der Waals surface area contributed by atoms with Crippen molar-refractivity contribution in [3.63, 3.8) is 0 Å². The first-order valence-corrected chi connectivity index (χ1v) is 11.2. The highest BCUT2D eigenvalue weighted by Crippen LogP contribution is 2.22. The van der Waals surface area contributed by atoms with Crippen LogP contribution in [0.3, 0.4) is 0 Å². The summed E-state index contributed by atoms with van der Waals surface area (Å²) in [6.45, 7) is 1.69. The molecule has 29 heavy (non-hydrogen) atoms. The Kier molecular flexibility index (Phi) is 5.38. The van der Waals surface area contributed by atoms with Crippen LogP contribution in [-0.2, 0) is 16.4 Å². The monoisotopic (exact) mass is 413 g/mol. The van der Waals surface area contributed by atoms with Gasteiger partial charge in [-0.25, -0.2) is 8.42 Å². The molecule has 0 aliphatic carbocycles. The Bertz CT molecular complexity index is 1040. The molecular formula is C21H23N3O4S. The minimum absolute atomic E-state index is 0.144. The van der Waals surface area contributed by atoms with Crippen molar-refractivity contribution in [1.29, 1.82) is 0 Å². The van der Waals surface area contributed by atoms with Gasteiger partial charge in [0.2, 0.25) is 10.0 Å². The average Bonchev–Trinajstić information content (AvgIpc) is 2.75. The predicted molar refractivity (Wildman–Crippen MR) is 109 cm³/mol. The van der Waals surface area contributed by atoms with Crippen LogP contribution in [-0.4, -0.2) is 44.2 Å². The van der Waals surface area contributed by atoms with Gasteiger partial charge in [0.1, 0.15) is 0 Å². The minimum Gasteiger partial charge on any atom is -0.352 e. The molecule has 2 amide bonds. The third kappa shape index (κ3) is 4.04. The maximum Gasteiger partial charge on any atom is 0.255 e. The first kappa shape index (κ1) is 19.6. The summed E-state index contributed by atoms with van der Waals surface area (Å²) in [5, 5.41) is 5.56. The number of fused-ring (bicyclic) bond motifs is 1. The Morgan fingerprint density at radius 2 is 1.72 bits per heavy atom. The molecule has 0 aromatic heterocycles. The topological polar surface area (TPSA) is 95.6 Å². The highest BCUT2D eigenvalue weighted by Gasteiger charge is 2.26. The van der Waals surface area contributed by atoms with E-state index >= 15 is 0 Å². The second-order valence-corrected chi connectivity index (χ2v) is 9.26. The largest absolute Gasteiger partial charge is 0.352 e. The zero-order valence-electron chi connectivity index (χ0n) is 16.0. The fourth-order valence-electron chi connectivity index (χ4n) is 3.73. The van der Waals surface area contributed by atoms with E-state index in [1.165, 1.54) is 28.6 Å². The summed E-state index contributed by atoms with van der Waals surface area (Å²) < 4.78 is 26.9. The van der Waals surface area contributed by atoms with E-state index in [1.807, 2.05) is 6.07 Å². The summed E-state index contributed by atoms with van der Waals surface area (Å²) in [7, 11) is -3.52. The molecule has 4 rings (SSSR count). The van der Waals surface area contributed by atoms with Gasteiger partial charge >= 0.3 is 0 Å². The van der Waals surface area contributed by atoms with Gasteiger partial charge in [0.05, 0.1) is 4.90 Å². The van der Waals surface area contributed by atoms with Crippen LogP contribution < -0.4 is 10.6 Å². The van der Waals surface area contributed by atoms with Gasteiger partial charge in [0.25, 0.3) is 11.8 Å². The smallest absolute Gasteiger partial charge is 0.255 e. The quantitative estimate of drug-likeness (QED) is 0.805. The highest BCUT2D eigenvalue weighted by molar-refractivity contribution is 7.89. The molecule has 2 aromatic rings. The first-order chi connectivity index (χ1) is 13.9. The summed E-state index contributed by atoms with van der Waals surface area (Å²) in [4.78, 5) is 24.7. The molecule has 0 bridgehead atoms. The molecule has 2 heterocycles. The van der Waals surface area contributed by atoms with E-state index in [9.17, 15) is 18.0 Å². The fraction of sp³-hybridized carbons (Fsp3) is 0.333. The van der Waals surface area contributed by atoms with Crippen molar-refractivity contribution in [3.05, 3.63) is 59.2 Å². The highest BCUT2D eigenvalue weighted by atomic mass is 32.2. The molecule has 7 nitrogen and oxygen atoms in total. The number of benzene rings is 2. The normalized spacial score (nSPS) is 17.3. The molecule has 152 valence electrons. The van der Waals surface area contributed by atoms with Crippen LogP contribution in [0.1, 0.15) is 45.5 Å². The number of rotatable bonds is 4. The molecule has 1 saturated heterocycles. The average molecular weight is 413 g/mol. The molecule has 0 radical (unpaired) electrons. The van der Waals surface area contributed by atoms with Crippen LogP contribution >= 0.6 is 0 Å². The molecular weight excluding hydrogens is 390 g/mol. The van der Waals surface area contributed by atoms with E-state index in [4.69, 9.17) is 0 Å². The van der Waals surface area contributed by atoms with Crippen LogP contribution in [0.2, 0.25) is 0 Å². The number of hydrogen-bond acceptors (Lipinski definition) is 4. The van der Waals surface area contributed by atoms with E-state index in [2.05, 4.69) is 10.6 Å². The Morgan fingerprint density at radius 1 is 1.00 bits per heavy atom. The lowest BCUT2D eigenvalue weighted by Gasteiger charge is -2.25. The molecule has 2 aliphatic rings. The van der Waals surface area contributed by atoms with E-state index in [1.54, 1.807) is 12.1 Å². The summed E-state index contributed by atoms with van der Waals surface area (Å²) in [5.41, 5.74) is 2.40. The van der Waals surface area contributed by atoms with Gasteiger partial charge in [-0.1, -0.05) is 12.5 Å². The van der Waals surface area contributed by atoms with Crippen LogP contribution in [0, 0.1) is 0 Å². The van der Waals surface area contributed by atoms with Crippen LogP contribution in [0.5, 0.6) is 0 Å². The van der Waals surface area contributed by atoms with E-state index in [0.717, 1.165) is 31.2 Å². The Hall–Kier alpha value is -2.71. The van der Waals surface area contributed by atoms with Crippen molar-refractivity contribution < 1.29 is 18.0 Å². The number of anilines is 1. The molecule has 0 unspecified atom stereocenters. The van der Waals surface area contributed by atoms with Gasteiger partial charge in [-0.3, -0.25) is 9.59 Å². The SMILES string of the molecule is O=C(Nc1ccc2c(c1)C(=O)NCC2)c1ccc(S(=O)(=O)N2CCCCC2)cc1. The number of amides is 2. The summed E-state index contributed by atoms with van der Waals surface area (Å²) in [5.74, 6) is -0.502. The van der Waals surface area contributed by atoms with Crippen LogP contribution in [0.4, 0.5) is 5.69 Å². The van der Waals surface area contributed by atoms with Gasteiger partial charge in [-0.05, 0) is 61.2 Å². The Labute approximate surface area is 170 Å². The number of hydrogen-bond donors (Lipinski definition) is 2.